The maximum absolute atomic E-state index is 15.1. The van der Waals surface area contributed by atoms with Crippen LogP contribution >= 0.6 is 0 Å². The van der Waals surface area contributed by atoms with Crippen LogP contribution < -0.4 is 15.5 Å². The second kappa shape index (κ2) is 6.58. The summed E-state index contributed by atoms with van der Waals surface area (Å²) in [4.78, 5) is 25.0. The van der Waals surface area contributed by atoms with E-state index in [-0.39, 0.29) is 24.7 Å². The van der Waals surface area contributed by atoms with Gasteiger partial charge < -0.3 is 10.1 Å². The summed E-state index contributed by atoms with van der Waals surface area (Å²) >= 11 is 0. The molecule has 0 radical (unpaired) electrons. The number of hydrogen-bond acceptors (Lipinski definition) is 5. The topological polar surface area (TPSA) is 88.5 Å². The van der Waals surface area contributed by atoms with E-state index in [0.29, 0.717) is 35.1 Å². The number of aryl methyl sites for hydroxylation is 1. The lowest BCUT2D eigenvalue weighted by atomic mass is 9.84. The fourth-order valence-corrected chi connectivity index (χ4v) is 3.99. The first-order valence-electron chi connectivity index (χ1n) is 8.99. The van der Waals surface area contributed by atoms with Gasteiger partial charge in [0, 0.05) is 38.1 Å². The van der Waals surface area contributed by atoms with Gasteiger partial charge in [-0.05, 0) is 38.1 Å². The van der Waals surface area contributed by atoms with Gasteiger partial charge in [0.2, 0.25) is 5.91 Å². The van der Waals surface area contributed by atoms with E-state index < -0.39 is 11.6 Å². The highest BCUT2D eigenvalue weighted by atomic mass is 19.1. The van der Waals surface area contributed by atoms with Crippen LogP contribution in [0.25, 0.3) is 10.9 Å². The molecular weight excluding hydrogens is 353 g/mol. The van der Waals surface area contributed by atoms with E-state index in [0.717, 1.165) is 13.1 Å². The van der Waals surface area contributed by atoms with Crippen LogP contribution in [0.4, 0.5) is 15.0 Å². The lowest BCUT2D eigenvalue weighted by Gasteiger charge is -2.37. The molecular formula is C18H22FN5O3. The minimum Gasteiger partial charge on any atom is -0.373 e. The number of methoxy groups -OCH3 is 1. The third kappa shape index (κ3) is 2.87. The Bertz CT molecular complexity index is 919. The number of amides is 3. The Balaban J connectivity index is 1.81. The van der Waals surface area contributed by atoms with E-state index in [9.17, 15) is 9.59 Å². The van der Waals surface area contributed by atoms with Crippen molar-refractivity contribution < 1.29 is 18.7 Å². The molecule has 2 aromatic rings. The summed E-state index contributed by atoms with van der Waals surface area (Å²) in [5, 5.41) is 10.5. The molecule has 1 aromatic carbocycles. The SMILES string of the molecule is COC1(c2cc3c(cc2F)c(N2CCC(=O)NC2=O)nn3C)CCNCC1. The molecule has 3 amide bonds. The number of fused-ring (bicyclic) bond motifs is 1. The van der Waals surface area contributed by atoms with Gasteiger partial charge in [-0.25, -0.2) is 9.18 Å². The number of ether oxygens (including phenoxy) is 1. The van der Waals surface area contributed by atoms with Crippen molar-refractivity contribution in [1.82, 2.24) is 20.4 Å². The van der Waals surface area contributed by atoms with Crippen molar-refractivity contribution in [3.05, 3.63) is 23.5 Å². The summed E-state index contributed by atoms with van der Waals surface area (Å²) in [6.45, 7) is 1.72. The van der Waals surface area contributed by atoms with E-state index in [1.807, 2.05) is 0 Å². The van der Waals surface area contributed by atoms with Gasteiger partial charge in [-0.3, -0.25) is 19.7 Å². The average Bonchev–Trinajstić information content (AvgIpc) is 2.97. The van der Waals surface area contributed by atoms with Crippen LogP contribution in [0.5, 0.6) is 0 Å². The molecule has 2 aliphatic heterocycles. The van der Waals surface area contributed by atoms with Crippen molar-refractivity contribution in [2.75, 3.05) is 31.6 Å². The monoisotopic (exact) mass is 375 g/mol. The second-order valence-corrected chi connectivity index (χ2v) is 7.00. The summed E-state index contributed by atoms with van der Waals surface area (Å²) < 4.78 is 22.5. The highest BCUT2D eigenvalue weighted by Crippen LogP contribution is 2.39. The van der Waals surface area contributed by atoms with Gasteiger partial charge in [-0.2, -0.15) is 5.10 Å². The van der Waals surface area contributed by atoms with Crippen LogP contribution in [-0.4, -0.2) is 48.5 Å². The summed E-state index contributed by atoms with van der Waals surface area (Å²) in [6.07, 6.45) is 1.53. The number of carbonyl (C=O) groups excluding carboxylic acids is 2. The molecule has 8 nitrogen and oxygen atoms in total. The van der Waals surface area contributed by atoms with Gasteiger partial charge in [0.05, 0.1) is 11.1 Å². The van der Waals surface area contributed by atoms with E-state index in [2.05, 4.69) is 15.7 Å². The van der Waals surface area contributed by atoms with Crippen molar-refractivity contribution in [2.45, 2.75) is 24.9 Å². The van der Waals surface area contributed by atoms with Gasteiger partial charge in [-0.1, -0.05) is 0 Å². The Morgan fingerprint density at radius 1 is 1.26 bits per heavy atom. The Morgan fingerprint density at radius 3 is 2.67 bits per heavy atom. The van der Waals surface area contributed by atoms with Crippen molar-refractivity contribution in [2.24, 2.45) is 7.05 Å². The Kier molecular flexibility index (Phi) is 4.35. The molecule has 2 aliphatic rings. The van der Waals surface area contributed by atoms with Gasteiger partial charge in [0.25, 0.3) is 0 Å². The summed E-state index contributed by atoms with van der Waals surface area (Å²) in [5.41, 5.74) is 0.538. The maximum Gasteiger partial charge on any atom is 0.329 e. The zero-order chi connectivity index (χ0) is 19.2. The van der Waals surface area contributed by atoms with Crippen LogP contribution in [0.2, 0.25) is 0 Å². The number of anilines is 1. The standard InChI is InChI=1S/C18H22FN5O3/c1-23-14-10-12(18(27-2)4-6-20-7-5-18)13(19)9-11(14)16(22-23)24-8-3-15(25)21-17(24)26/h9-10,20H,3-8H2,1-2H3,(H,21,25,26). The number of urea groups is 1. The minimum atomic E-state index is -0.678. The lowest BCUT2D eigenvalue weighted by molar-refractivity contribution is -0.120. The highest BCUT2D eigenvalue weighted by molar-refractivity contribution is 6.08. The first-order valence-corrected chi connectivity index (χ1v) is 8.99. The molecule has 4 rings (SSSR count). The number of halogens is 1. The second-order valence-electron chi connectivity index (χ2n) is 7.00. The number of benzene rings is 1. The molecule has 27 heavy (non-hydrogen) atoms. The van der Waals surface area contributed by atoms with Crippen molar-refractivity contribution in [1.29, 1.82) is 0 Å². The minimum absolute atomic E-state index is 0.185. The third-order valence-electron chi connectivity index (χ3n) is 5.52. The van der Waals surface area contributed by atoms with Gasteiger partial charge in [0.15, 0.2) is 5.82 Å². The molecule has 3 heterocycles. The Morgan fingerprint density at radius 2 is 2.00 bits per heavy atom. The largest absolute Gasteiger partial charge is 0.373 e. The molecule has 0 spiro atoms. The quantitative estimate of drug-likeness (QED) is 0.846. The average molecular weight is 375 g/mol. The first-order chi connectivity index (χ1) is 12.9. The van der Waals surface area contributed by atoms with Crippen LogP contribution in [0.1, 0.15) is 24.8 Å². The van der Waals surface area contributed by atoms with Crippen molar-refractivity contribution in [3.8, 4) is 0 Å². The van der Waals surface area contributed by atoms with Crippen molar-refractivity contribution >= 4 is 28.7 Å². The van der Waals surface area contributed by atoms with E-state index in [4.69, 9.17) is 4.74 Å². The first kappa shape index (κ1) is 17.9. The number of rotatable bonds is 3. The van der Waals surface area contributed by atoms with Crippen LogP contribution in [0.15, 0.2) is 12.1 Å². The number of carbonyl (C=O) groups is 2. The fourth-order valence-electron chi connectivity index (χ4n) is 3.99. The highest BCUT2D eigenvalue weighted by Gasteiger charge is 2.37. The molecule has 0 saturated carbocycles. The lowest BCUT2D eigenvalue weighted by Crippen LogP contribution is -2.49. The van der Waals surface area contributed by atoms with Gasteiger partial charge in [-0.15, -0.1) is 0 Å². The molecule has 0 aliphatic carbocycles. The Hall–Kier alpha value is -2.52. The molecule has 2 saturated heterocycles. The fraction of sp³-hybridized carbons (Fsp3) is 0.500. The number of imide groups is 1. The predicted molar refractivity (Wildman–Crippen MR) is 97.0 cm³/mol. The molecule has 1 aromatic heterocycles. The third-order valence-corrected chi connectivity index (χ3v) is 5.52. The molecule has 9 heteroatoms. The summed E-state index contributed by atoms with van der Waals surface area (Å²) in [6, 6.07) is 2.64. The molecule has 144 valence electrons. The van der Waals surface area contributed by atoms with Gasteiger partial charge >= 0.3 is 6.03 Å². The smallest absolute Gasteiger partial charge is 0.329 e. The van der Waals surface area contributed by atoms with E-state index in [1.54, 1.807) is 24.9 Å². The Labute approximate surface area is 155 Å². The van der Waals surface area contributed by atoms with E-state index >= 15 is 4.39 Å². The predicted octanol–water partition coefficient (Wildman–Crippen LogP) is 1.38. The number of piperidine rings is 1. The number of aromatic nitrogens is 2. The molecule has 0 atom stereocenters. The van der Waals surface area contributed by atoms with Crippen LogP contribution in [-0.2, 0) is 22.2 Å². The number of nitrogens with one attached hydrogen (secondary N) is 2. The molecule has 0 bridgehead atoms. The van der Waals surface area contributed by atoms with E-state index in [1.165, 1.54) is 11.0 Å². The zero-order valence-corrected chi connectivity index (χ0v) is 15.3. The van der Waals surface area contributed by atoms with Gasteiger partial charge in [0.1, 0.15) is 5.82 Å². The zero-order valence-electron chi connectivity index (χ0n) is 15.3. The number of hydrogen-bond donors (Lipinski definition) is 2. The summed E-state index contributed by atoms with van der Waals surface area (Å²) in [5.74, 6) is -0.355. The van der Waals surface area contributed by atoms with Crippen LogP contribution in [0, 0.1) is 5.82 Å². The number of nitrogens with zero attached hydrogens (tertiary/aromatic N) is 3. The molecule has 2 fully saturated rings. The maximum atomic E-state index is 15.1. The molecule has 0 unspecified atom stereocenters. The normalized spacial score (nSPS) is 20.2. The summed E-state index contributed by atoms with van der Waals surface area (Å²) in [7, 11) is 3.36. The molecule has 2 N–H and O–H groups in total. The van der Waals surface area contributed by atoms with Crippen LogP contribution in [0.3, 0.4) is 0 Å². The van der Waals surface area contributed by atoms with Crippen molar-refractivity contribution in [3.63, 3.8) is 0 Å².